The van der Waals surface area contributed by atoms with Crippen molar-refractivity contribution < 1.29 is 4.79 Å². The summed E-state index contributed by atoms with van der Waals surface area (Å²) in [6, 6.07) is 18.4. The third-order valence-corrected chi connectivity index (χ3v) is 4.26. The zero-order chi connectivity index (χ0) is 16.4. The van der Waals surface area contributed by atoms with Crippen LogP contribution >= 0.6 is 34.8 Å². The Balaban J connectivity index is 2.06. The number of nitrogens with zero attached hydrogens (tertiary/aromatic N) is 1. The normalized spacial score (nSPS) is 13.0. The summed E-state index contributed by atoms with van der Waals surface area (Å²) >= 11 is 18.2. The molecule has 1 atom stereocenters. The fourth-order valence-electron chi connectivity index (χ4n) is 2.50. The minimum absolute atomic E-state index is 0.281. The van der Waals surface area contributed by atoms with Crippen molar-refractivity contribution in [2.75, 3.05) is 0 Å². The predicted molar refractivity (Wildman–Crippen MR) is 95.5 cm³/mol. The second-order valence-electron chi connectivity index (χ2n) is 5.17. The lowest BCUT2D eigenvalue weighted by Gasteiger charge is -2.23. The lowest BCUT2D eigenvalue weighted by atomic mass is 9.93. The predicted octanol–water partition coefficient (Wildman–Crippen LogP) is 5.57. The van der Waals surface area contributed by atoms with E-state index in [1.165, 1.54) is 0 Å². The molecule has 0 N–H and O–H groups in total. The Labute approximate surface area is 149 Å². The second-order valence-corrected chi connectivity index (χ2v) is 7.54. The molecule has 1 aromatic heterocycles. The number of halogens is 3. The molecule has 5 heteroatoms. The van der Waals surface area contributed by atoms with Crippen LogP contribution in [0.1, 0.15) is 22.0 Å². The third kappa shape index (κ3) is 3.50. The minimum Gasteiger partial charge on any atom is -0.292 e. The average molecular weight is 365 g/mol. The highest BCUT2D eigenvalue weighted by molar-refractivity contribution is 6.69. The van der Waals surface area contributed by atoms with Crippen molar-refractivity contribution in [2.45, 2.75) is 9.71 Å². The summed E-state index contributed by atoms with van der Waals surface area (Å²) in [5, 5.41) is 1.87. The van der Waals surface area contributed by atoms with Crippen LogP contribution < -0.4 is 0 Å². The van der Waals surface area contributed by atoms with Crippen LogP contribution in [0.5, 0.6) is 0 Å². The molecule has 0 amide bonds. The standard InChI is InChI=1S/C18H12Cl3NO/c19-18(20,21)16(12-6-2-1-3-7-12)17(23)15-10-13-8-4-5-9-14(13)11-22-15/h1-11,16H/t16-/m1/s1. The Morgan fingerprint density at radius 2 is 1.52 bits per heavy atom. The number of hydrogen-bond donors (Lipinski definition) is 0. The summed E-state index contributed by atoms with van der Waals surface area (Å²) in [7, 11) is 0. The van der Waals surface area contributed by atoms with E-state index in [1.54, 1.807) is 36.5 Å². The van der Waals surface area contributed by atoms with Gasteiger partial charge in [-0.2, -0.15) is 0 Å². The fourth-order valence-corrected chi connectivity index (χ4v) is 3.18. The Hall–Kier alpha value is -1.61. The number of benzene rings is 2. The van der Waals surface area contributed by atoms with E-state index in [1.807, 2.05) is 30.3 Å². The lowest BCUT2D eigenvalue weighted by Crippen LogP contribution is -2.26. The first-order valence-corrected chi connectivity index (χ1v) is 8.11. The van der Waals surface area contributed by atoms with E-state index in [9.17, 15) is 4.79 Å². The molecule has 0 spiro atoms. The number of fused-ring (bicyclic) bond motifs is 1. The van der Waals surface area contributed by atoms with Crippen molar-refractivity contribution in [1.82, 2.24) is 4.98 Å². The van der Waals surface area contributed by atoms with E-state index in [2.05, 4.69) is 4.98 Å². The summed E-state index contributed by atoms with van der Waals surface area (Å²) in [5.74, 6) is -1.23. The van der Waals surface area contributed by atoms with Crippen LogP contribution in [0.25, 0.3) is 10.8 Å². The van der Waals surface area contributed by atoms with E-state index < -0.39 is 9.71 Å². The lowest BCUT2D eigenvalue weighted by molar-refractivity contribution is 0.0956. The Morgan fingerprint density at radius 3 is 2.17 bits per heavy atom. The molecule has 3 rings (SSSR count). The van der Waals surface area contributed by atoms with Crippen molar-refractivity contribution in [3.63, 3.8) is 0 Å². The summed E-state index contributed by atoms with van der Waals surface area (Å²) in [5.41, 5.74) is 0.927. The quantitative estimate of drug-likeness (QED) is 0.449. The molecule has 2 aromatic carbocycles. The van der Waals surface area contributed by atoms with Gasteiger partial charge in [-0.1, -0.05) is 89.4 Å². The van der Waals surface area contributed by atoms with Gasteiger partial charge in [-0.25, -0.2) is 0 Å². The van der Waals surface area contributed by atoms with Gasteiger partial charge in [0.05, 0.1) is 5.92 Å². The third-order valence-electron chi connectivity index (χ3n) is 3.61. The van der Waals surface area contributed by atoms with Gasteiger partial charge in [0.15, 0.2) is 5.78 Å². The van der Waals surface area contributed by atoms with Gasteiger partial charge in [-0.05, 0) is 17.0 Å². The smallest absolute Gasteiger partial charge is 0.204 e. The fraction of sp³-hybridized carbons (Fsp3) is 0.111. The van der Waals surface area contributed by atoms with Crippen molar-refractivity contribution in [2.24, 2.45) is 0 Å². The van der Waals surface area contributed by atoms with Gasteiger partial charge in [-0.3, -0.25) is 9.78 Å². The molecule has 0 fully saturated rings. The van der Waals surface area contributed by atoms with Gasteiger partial charge < -0.3 is 0 Å². The van der Waals surface area contributed by atoms with Crippen molar-refractivity contribution >= 4 is 51.4 Å². The van der Waals surface area contributed by atoms with Gasteiger partial charge in [0.1, 0.15) is 5.69 Å². The molecule has 3 aromatic rings. The molecule has 0 bridgehead atoms. The largest absolute Gasteiger partial charge is 0.292 e. The molecular weight excluding hydrogens is 353 g/mol. The van der Waals surface area contributed by atoms with E-state index in [4.69, 9.17) is 34.8 Å². The molecule has 0 aliphatic carbocycles. The van der Waals surface area contributed by atoms with Crippen LogP contribution in [0.4, 0.5) is 0 Å². The Kier molecular flexibility index (Phi) is 4.58. The van der Waals surface area contributed by atoms with Crippen LogP contribution in [0.2, 0.25) is 0 Å². The van der Waals surface area contributed by atoms with Crippen LogP contribution in [0, 0.1) is 0 Å². The van der Waals surface area contributed by atoms with E-state index in [0.29, 0.717) is 5.56 Å². The minimum atomic E-state index is -1.76. The second kappa shape index (κ2) is 6.48. The zero-order valence-corrected chi connectivity index (χ0v) is 14.2. The number of Topliss-reactive ketones (excluding diaryl/α,β-unsaturated/α-hetero) is 1. The first-order chi connectivity index (χ1) is 11.0. The number of hydrogen-bond acceptors (Lipinski definition) is 2. The van der Waals surface area contributed by atoms with Gasteiger partial charge in [0.2, 0.25) is 3.79 Å². The molecule has 0 aliphatic rings. The van der Waals surface area contributed by atoms with Gasteiger partial charge in [0.25, 0.3) is 0 Å². The van der Waals surface area contributed by atoms with E-state index in [0.717, 1.165) is 10.8 Å². The average Bonchev–Trinajstić information content (AvgIpc) is 2.54. The molecule has 0 saturated heterocycles. The number of rotatable bonds is 3. The van der Waals surface area contributed by atoms with Gasteiger partial charge in [0, 0.05) is 11.6 Å². The molecule has 2 nitrogen and oxygen atoms in total. The highest BCUT2D eigenvalue weighted by Gasteiger charge is 2.40. The molecule has 23 heavy (non-hydrogen) atoms. The van der Waals surface area contributed by atoms with Crippen molar-refractivity contribution in [3.8, 4) is 0 Å². The topological polar surface area (TPSA) is 30.0 Å². The molecule has 1 heterocycles. The number of aromatic nitrogens is 1. The molecule has 116 valence electrons. The molecule has 0 aliphatic heterocycles. The highest BCUT2D eigenvalue weighted by atomic mass is 35.6. The van der Waals surface area contributed by atoms with Crippen LogP contribution in [-0.2, 0) is 0 Å². The van der Waals surface area contributed by atoms with Crippen LogP contribution in [-0.4, -0.2) is 14.6 Å². The Morgan fingerprint density at radius 1 is 0.913 bits per heavy atom. The number of alkyl halides is 3. The van der Waals surface area contributed by atoms with Gasteiger partial charge >= 0.3 is 0 Å². The number of carbonyl (C=O) groups is 1. The van der Waals surface area contributed by atoms with Gasteiger partial charge in [-0.15, -0.1) is 0 Å². The molecule has 0 radical (unpaired) electrons. The molecule has 0 saturated carbocycles. The van der Waals surface area contributed by atoms with Crippen molar-refractivity contribution in [1.29, 1.82) is 0 Å². The maximum absolute atomic E-state index is 12.9. The maximum Gasteiger partial charge on any atom is 0.204 e. The van der Waals surface area contributed by atoms with E-state index >= 15 is 0 Å². The first kappa shape index (κ1) is 16.3. The summed E-state index contributed by atoms with van der Waals surface area (Å²) in [4.78, 5) is 17.2. The van der Waals surface area contributed by atoms with E-state index in [-0.39, 0.29) is 11.5 Å². The zero-order valence-electron chi connectivity index (χ0n) is 11.9. The number of ketones is 1. The molecule has 0 unspecified atom stereocenters. The summed E-state index contributed by atoms with van der Waals surface area (Å²) in [6.07, 6.45) is 1.66. The highest BCUT2D eigenvalue weighted by Crippen LogP contribution is 2.43. The SMILES string of the molecule is O=C(c1cc2ccccc2cn1)[C@@H](c1ccccc1)C(Cl)(Cl)Cl. The summed E-state index contributed by atoms with van der Waals surface area (Å²) < 4.78 is -1.76. The monoisotopic (exact) mass is 363 g/mol. The maximum atomic E-state index is 12.9. The number of carbonyl (C=O) groups excluding carboxylic acids is 1. The Bertz CT molecular complexity index is 844. The van der Waals surface area contributed by atoms with Crippen LogP contribution in [0.15, 0.2) is 66.9 Å². The first-order valence-electron chi connectivity index (χ1n) is 6.97. The van der Waals surface area contributed by atoms with Crippen LogP contribution in [0.3, 0.4) is 0 Å². The molecular formula is C18H12Cl3NO. The summed E-state index contributed by atoms with van der Waals surface area (Å²) in [6.45, 7) is 0. The van der Waals surface area contributed by atoms with Crippen molar-refractivity contribution in [3.05, 3.63) is 78.1 Å². The number of pyridine rings is 1.